The largest absolute Gasteiger partial charge is 0.416 e. The summed E-state index contributed by atoms with van der Waals surface area (Å²) in [6.07, 6.45) is -2.43. The van der Waals surface area contributed by atoms with Crippen molar-refractivity contribution in [2.24, 2.45) is 11.7 Å². The number of nitrogens with two attached hydrogens (primary N) is 1. The molecule has 0 spiro atoms. The second-order valence-corrected chi connectivity index (χ2v) is 5.09. The molecule has 21 heavy (non-hydrogen) atoms. The second kappa shape index (κ2) is 8.02. The number of carbonyl (C=O) groups excluding carboxylic acids is 1. The van der Waals surface area contributed by atoms with E-state index in [1.165, 1.54) is 6.07 Å². The molecule has 0 aromatic heterocycles. The number of amides is 1. The van der Waals surface area contributed by atoms with E-state index in [1.807, 2.05) is 0 Å². The molecule has 1 aromatic carbocycles. The van der Waals surface area contributed by atoms with Crippen LogP contribution in [-0.4, -0.2) is 19.0 Å². The van der Waals surface area contributed by atoms with Gasteiger partial charge in [-0.05, 0) is 37.4 Å². The number of unbranched alkanes of at least 4 members (excludes halogenated alkanes) is 1. The number of benzene rings is 1. The van der Waals surface area contributed by atoms with Crippen molar-refractivity contribution in [3.8, 4) is 0 Å². The normalized spacial score (nSPS) is 13.0. The van der Waals surface area contributed by atoms with Crippen molar-refractivity contribution in [3.63, 3.8) is 0 Å². The van der Waals surface area contributed by atoms with Gasteiger partial charge in [-0.1, -0.05) is 25.1 Å². The maximum absolute atomic E-state index is 12.6. The fourth-order valence-corrected chi connectivity index (χ4v) is 1.98. The van der Waals surface area contributed by atoms with Gasteiger partial charge in [-0.15, -0.1) is 0 Å². The molecule has 118 valence electrons. The van der Waals surface area contributed by atoms with Crippen molar-refractivity contribution >= 4 is 5.91 Å². The van der Waals surface area contributed by atoms with Gasteiger partial charge in [0.2, 0.25) is 5.91 Å². The van der Waals surface area contributed by atoms with Crippen molar-refractivity contribution in [2.75, 3.05) is 13.1 Å². The van der Waals surface area contributed by atoms with Crippen molar-refractivity contribution < 1.29 is 18.0 Å². The number of hydrogen-bond acceptors (Lipinski definition) is 2. The van der Waals surface area contributed by atoms with Gasteiger partial charge < -0.3 is 11.1 Å². The average molecular weight is 302 g/mol. The first-order valence-electron chi connectivity index (χ1n) is 6.98. The van der Waals surface area contributed by atoms with Crippen LogP contribution in [0.5, 0.6) is 0 Å². The summed E-state index contributed by atoms with van der Waals surface area (Å²) in [4.78, 5) is 11.8. The summed E-state index contributed by atoms with van der Waals surface area (Å²) in [5.74, 6) is -0.518. The Balaban J connectivity index is 2.54. The summed E-state index contributed by atoms with van der Waals surface area (Å²) in [6.45, 7) is 2.83. The third-order valence-electron chi connectivity index (χ3n) is 3.17. The molecular weight excluding hydrogens is 281 g/mol. The molecule has 3 nitrogen and oxygen atoms in total. The van der Waals surface area contributed by atoms with Crippen LogP contribution in [0.15, 0.2) is 24.3 Å². The molecule has 1 unspecified atom stereocenters. The molecule has 1 atom stereocenters. The molecule has 1 rings (SSSR count). The summed E-state index contributed by atoms with van der Waals surface area (Å²) in [6, 6.07) is 5.09. The Morgan fingerprint density at radius 2 is 2.05 bits per heavy atom. The Morgan fingerprint density at radius 3 is 2.67 bits per heavy atom. The van der Waals surface area contributed by atoms with E-state index in [9.17, 15) is 18.0 Å². The molecule has 3 N–H and O–H groups in total. The minimum Gasteiger partial charge on any atom is -0.356 e. The zero-order valence-electron chi connectivity index (χ0n) is 12.0. The molecule has 0 fully saturated rings. The van der Waals surface area contributed by atoms with Crippen LogP contribution in [0.1, 0.15) is 30.9 Å². The fourth-order valence-electron chi connectivity index (χ4n) is 1.98. The minimum absolute atomic E-state index is 0.149. The van der Waals surface area contributed by atoms with E-state index in [-0.39, 0.29) is 18.2 Å². The maximum atomic E-state index is 12.6. The Kier molecular flexibility index (Phi) is 6.68. The minimum atomic E-state index is -4.36. The Hall–Kier alpha value is -1.56. The topological polar surface area (TPSA) is 55.1 Å². The molecule has 0 heterocycles. The second-order valence-electron chi connectivity index (χ2n) is 5.09. The van der Waals surface area contributed by atoms with Crippen molar-refractivity contribution in [3.05, 3.63) is 35.4 Å². The van der Waals surface area contributed by atoms with Crippen LogP contribution < -0.4 is 11.1 Å². The highest BCUT2D eigenvalue weighted by atomic mass is 19.4. The first-order chi connectivity index (χ1) is 9.84. The molecule has 0 bridgehead atoms. The molecular formula is C15H21F3N2O. The highest BCUT2D eigenvalue weighted by Gasteiger charge is 2.30. The van der Waals surface area contributed by atoms with E-state index in [0.29, 0.717) is 18.7 Å². The van der Waals surface area contributed by atoms with Crippen molar-refractivity contribution in [1.82, 2.24) is 5.32 Å². The van der Waals surface area contributed by atoms with Crippen LogP contribution in [-0.2, 0) is 17.4 Å². The van der Waals surface area contributed by atoms with Crippen LogP contribution in [0.2, 0.25) is 0 Å². The molecule has 1 amide bonds. The number of nitrogens with one attached hydrogen (secondary N) is 1. The number of carbonyl (C=O) groups is 1. The van der Waals surface area contributed by atoms with E-state index in [0.717, 1.165) is 25.0 Å². The number of halogens is 3. The lowest BCUT2D eigenvalue weighted by atomic mass is 9.98. The zero-order chi connectivity index (χ0) is 15.9. The monoisotopic (exact) mass is 302 g/mol. The van der Waals surface area contributed by atoms with Gasteiger partial charge in [0, 0.05) is 12.5 Å². The molecule has 0 radical (unpaired) electrons. The van der Waals surface area contributed by atoms with E-state index < -0.39 is 11.7 Å². The lowest BCUT2D eigenvalue weighted by Crippen LogP contribution is -2.31. The number of alkyl halides is 3. The zero-order valence-corrected chi connectivity index (χ0v) is 12.0. The van der Waals surface area contributed by atoms with E-state index in [1.54, 1.807) is 13.0 Å². The van der Waals surface area contributed by atoms with E-state index in [2.05, 4.69) is 5.32 Å². The predicted octanol–water partition coefficient (Wildman–Crippen LogP) is 2.74. The van der Waals surface area contributed by atoms with Crippen molar-refractivity contribution in [1.29, 1.82) is 0 Å². The maximum Gasteiger partial charge on any atom is 0.416 e. The third kappa shape index (κ3) is 6.16. The first kappa shape index (κ1) is 17.5. The predicted molar refractivity (Wildman–Crippen MR) is 75.6 cm³/mol. The van der Waals surface area contributed by atoms with Crippen LogP contribution in [0.3, 0.4) is 0 Å². The summed E-state index contributed by atoms with van der Waals surface area (Å²) < 4.78 is 37.8. The lowest BCUT2D eigenvalue weighted by molar-refractivity contribution is -0.137. The average Bonchev–Trinajstić information content (AvgIpc) is 2.42. The van der Waals surface area contributed by atoms with Crippen LogP contribution in [0.25, 0.3) is 0 Å². The molecule has 0 aliphatic carbocycles. The molecule has 0 aliphatic heterocycles. The summed E-state index contributed by atoms with van der Waals surface area (Å²) >= 11 is 0. The third-order valence-corrected chi connectivity index (χ3v) is 3.17. The summed E-state index contributed by atoms with van der Waals surface area (Å²) in [7, 11) is 0. The van der Waals surface area contributed by atoms with Gasteiger partial charge in [-0.3, -0.25) is 4.79 Å². The van der Waals surface area contributed by atoms with Gasteiger partial charge in [0.05, 0.1) is 5.56 Å². The van der Waals surface area contributed by atoms with E-state index in [4.69, 9.17) is 5.73 Å². The van der Waals surface area contributed by atoms with Gasteiger partial charge in [0.15, 0.2) is 0 Å². The smallest absolute Gasteiger partial charge is 0.356 e. The van der Waals surface area contributed by atoms with Crippen LogP contribution >= 0.6 is 0 Å². The fraction of sp³-hybridized carbons (Fsp3) is 0.533. The Bertz CT molecular complexity index is 460. The molecule has 0 saturated heterocycles. The first-order valence-corrected chi connectivity index (χ1v) is 6.98. The van der Waals surface area contributed by atoms with Crippen LogP contribution in [0, 0.1) is 5.92 Å². The quantitative estimate of drug-likeness (QED) is 0.761. The summed E-state index contributed by atoms with van der Waals surface area (Å²) in [5.41, 5.74) is 5.18. The lowest BCUT2D eigenvalue weighted by Gasteiger charge is -2.13. The number of rotatable bonds is 7. The highest BCUT2D eigenvalue weighted by molar-refractivity contribution is 5.78. The van der Waals surface area contributed by atoms with Gasteiger partial charge in [-0.25, -0.2) is 0 Å². The van der Waals surface area contributed by atoms with Crippen LogP contribution in [0.4, 0.5) is 13.2 Å². The van der Waals surface area contributed by atoms with Crippen molar-refractivity contribution in [2.45, 2.75) is 32.4 Å². The molecule has 0 aliphatic rings. The Morgan fingerprint density at radius 1 is 1.33 bits per heavy atom. The van der Waals surface area contributed by atoms with Gasteiger partial charge in [-0.2, -0.15) is 13.2 Å². The van der Waals surface area contributed by atoms with Gasteiger partial charge in [0.1, 0.15) is 0 Å². The van der Waals surface area contributed by atoms with Gasteiger partial charge >= 0.3 is 6.18 Å². The highest BCUT2D eigenvalue weighted by Crippen LogP contribution is 2.29. The summed E-state index contributed by atoms with van der Waals surface area (Å²) in [5, 5.41) is 2.77. The van der Waals surface area contributed by atoms with Gasteiger partial charge in [0.25, 0.3) is 0 Å². The Labute approximate surface area is 122 Å². The van der Waals surface area contributed by atoms with E-state index >= 15 is 0 Å². The SMILES string of the molecule is CC(Cc1cccc(C(F)(F)F)c1)C(=O)NCCCCN. The molecule has 6 heteroatoms. The molecule has 0 saturated carbocycles. The number of hydrogen-bond donors (Lipinski definition) is 2. The standard InChI is InChI=1S/C15H21F3N2O/c1-11(14(21)20-8-3-2-7-19)9-12-5-4-6-13(10-12)15(16,17)18/h4-6,10-11H,2-3,7-9,19H2,1H3,(H,20,21). The molecule has 1 aromatic rings.